The van der Waals surface area contributed by atoms with Gasteiger partial charge in [0.2, 0.25) is 11.8 Å². The number of hydrogen-bond acceptors (Lipinski definition) is 6. The van der Waals surface area contributed by atoms with Crippen LogP contribution in [0.1, 0.15) is 19.6 Å². The highest BCUT2D eigenvalue weighted by Gasteiger charge is 2.40. The van der Waals surface area contributed by atoms with Crippen molar-refractivity contribution in [2.75, 3.05) is 36.4 Å². The number of nitrogens with zero attached hydrogens (tertiary/aromatic N) is 4. The molecule has 2 aromatic heterocycles. The molecule has 2 aromatic rings. The summed E-state index contributed by atoms with van der Waals surface area (Å²) in [6, 6.07) is 7.39. The van der Waals surface area contributed by atoms with E-state index in [9.17, 15) is 9.59 Å². The summed E-state index contributed by atoms with van der Waals surface area (Å²) in [7, 11) is 0. The zero-order chi connectivity index (χ0) is 18.7. The van der Waals surface area contributed by atoms with Crippen LogP contribution >= 0.6 is 0 Å². The molecule has 0 bridgehead atoms. The maximum Gasteiger partial charge on any atom is 0.240 e. The van der Waals surface area contributed by atoms with Crippen LogP contribution < -0.4 is 10.2 Å². The Balaban J connectivity index is 1.60. The molecule has 8 nitrogen and oxygen atoms in total. The van der Waals surface area contributed by atoms with Crippen LogP contribution in [0.2, 0.25) is 0 Å². The van der Waals surface area contributed by atoms with E-state index in [1.807, 2.05) is 18.2 Å². The molecule has 0 aromatic carbocycles. The minimum absolute atomic E-state index is 0.198. The Kier molecular flexibility index (Phi) is 4.92. The van der Waals surface area contributed by atoms with E-state index in [4.69, 9.17) is 4.52 Å². The molecule has 26 heavy (non-hydrogen) atoms. The maximum atomic E-state index is 12.9. The lowest BCUT2D eigenvalue weighted by molar-refractivity contribution is -0.146. The van der Waals surface area contributed by atoms with Crippen molar-refractivity contribution in [1.82, 2.24) is 15.0 Å². The number of aryl methyl sites for hydroxylation is 1. The van der Waals surface area contributed by atoms with Crippen molar-refractivity contribution < 1.29 is 14.1 Å². The SMILES string of the molecule is Cc1cc(NC(=O)C(C)(C)C(=O)N2CCN(c3ccccn3)CC2)no1. The molecule has 1 saturated heterocycles. The molecule has 0 atom stereocenters. The Morgan fingerprint density at radius 1 is 1.19 bits per heavy atom. The fourth-order valence-corrected chi connectivity index (χ4v) is 2.87. The summed E-state index contributed by atoms with van der Waals surface area (Å²) in [5.74, 6) is 1.21. The van der Waals surface area contributed by atoms with Crippen molar-refractivity contribution in [1.29, 1.82) is 0 Å². The summed E-state index contributed by atoms with van der Waals surface area (Å²) in [5, 5.41) is 6.39. The second kappa shape index (κ2) is 7.15. The maximum absolute atomic E-state index is 12.9. The first-order chi connectivity index (χ1) is 12.4. The lowest BCUT2D eigenvalue weighted by atomic mass is 9.90. The number of amides is 2. The van der Waals surface area contributed by atoms with Gasteiger partial charge in [0.05, 0.1) is 0 Å². The van der Waals surface area contributed by atoms with E-state index in [-0.39, 0.29) is 5.91 Å². The number of aromatic nitrogens is 2. The second-order valence-electron chi connectivity index (χ2n) is 6.87. The van der Waals surface area contributed by atoms with Gasteiger partial charge >= 0.3 is 0 Å². The number of piperazine rings is 1. The highest BCUT2D eigenvalue weighted by molar-refractivity contribution is 6.09. The molecule has 8 heteroatoms. The summed E-state index contributed by atoms with van der Waals surface area (Å²) in [6.07, 6.45) is 1.76. The van der Waals surface area contributed by atoms with Gasteiger partial charge < -0.3 is 19.6 Å². The van der Waals surface area contributed by atoms with E-state index >= 15 is 0 Å². The summed E-state index contributed by atoms with van der Waals surface area (Å²) < 4.78 is 4.94. The quantitative estimate of drug-likeness (QED) is 0.838. The standard InChI is InChI=1S/C18H23N5O3/c1-13-12-14(21-26-13)20-16(24)18(2,3)17(25)23-10-8-22(9-11-23)15-6-4-5-7-19-15/h4-7,12H,8-11H2,1-3H3,(H,20,21,24). The van der Waals surface area contributed by atoms with E-state index in [1.165, 1.54) is 0 Å². The molecule has 3 heterocycles. The minimum atomic E-state index is -1.19. The van der Waals surface area contributed by atoms with Gasteiger partial charge in [0.25, 0.3) is 0 Å². The van der Waals surface area contributed by atoms with E-state index in [2.05, 4.69) is 20.4 Å². The van der Waals surface area contributed by atoms with Crippen molar-refractivity contribution in [2.45, 2.75) is 20.8 Å². The van der Waals surface area contributed by atoms with Crippen LogP contribution in [0.25, 0.3) is 0 Å². The van der Waals surface area contributed by atoms with Crippen LogP contribution in [0.15, 0.2) is 35.0 Å². The van der Waals surface area contributed by atoms with Gasteiger partial charge in [-0.1, -0.05) is 11.2 Å². The lowest BCUT2D eigenvalue weighted by Gasteiger charge is -2.38. The predicted octanol–water partition coefficient (Wildman–Crippen LogP) is 1.69. The normalized spacial score (nSPS) is 15.0. The molecular formula is C18H23N5O3. The number of nitrogens with one attached hydrogen (secondary N) is 1. The highest BCUT2D eigenvalue weighted by Crippen LogP contribution is 2.23. The third kappa shape index (κ3) is 3.68. The van der Waals surface area contributed by atoms with Crippen molar-refractivity contribution in [3.8, 4) is 0 Å². The Morgan fingerprint density at radius 2 is 1.92 bits per heavy atom. The molecule has 1 aliphatic heterocycles. The largest absolute Gasteiger partial charge is 0.360 e. The van der Waals surface area contributed by atoms with Gasteiger partial charge in [-0.05, 0) is 32.9 Å². The fourth-order valence-electron chi connectivity index (χ4n) is 2.87. The number of anilines is 2. The molecule has 0 aliphatic carbocycles. The average molecular weight is 357 g/mol. The first kappa shape index (κ1) is 17.9. The highest BCUT2D eigenvalue weighted by atomic mass is 16.5. The minimum Gasteiger partial charge on any atom is -0.360 e. The van der Waals surface area contributed by atoms with Gasteiger partial charge in [-0.3, -0.25) is 9.59 Å². The topological polar surface area (TPSA) is 91.6 Å². The zero-order valence-electron chi connectivity index (χ0n) is 15.2. The first-order valence-corrected chi connectivity index (χ1v) is 8.58. The number of carbonyl (C=O) groups is 2. The van der Waals surface area contributed by atoms with Gasteiger partial charge in [-0.2, -0.15) is 0 Å². The summed E-state index contributed by atoms with van der Waals surface area (Å²) in [4.78, 5) is 33.6. The van der Waals surface area contributed by atoms with E-state index < -0.39 is 11.3 Å². The lowest BCUT2D eigenvalue weighted by Crippen LogP contribution is -2.54. The molecule has 0 spiro atoms. The van der Waals surface area contributed by atoms with Crippen molar-refractivity contribution in [3.63, 3.8) is 0 Å². The number of carbonyl (C=O) groups excluding carboxylic acids is 2. The summed E-state index contributed by atoms with van der Waals surface area (Å²) >= 11 is 0. The Morgan fingerprint density at radius 3 is 2.50 bits per heavy atom. The Hall–Kier alpha value is -2.90. The monoisotopic (exact) mass is 357 g/mol. The molecule has 1 aliphatic rings. The molecule has 2 amide bonds. The van der Waals surface area contributed by atoms with Crippen molar-refractivity contribution >= 4 is 23.5 Å². The van der Waals surface area contributed by atoms with Crippen LogP contribution in [0, 0.1) is 12.3 Å². The molecule has 1 fully saturated rings. The zero-order valence-corrected chi connectivity index (χ0v) is 15.2. The Bertz CT molecular complexity index is 779. The smallest absolute Gasteiger partial charge is 0.240 e. The number of rotatable bonds is 4. The van der Waals surface area contributed by atoms with Gasteiger partial charge in [-0.25, -0.2) is 4.98 Å². The number of pyridine rings is 1. The van der Waals surface area contributed by atoms with Gasteiger partial charge in [0.1, 0.15) is 17.0 Å². The van der Waals surface area contributed by atoms with Crippen LogP contribution in [0.3, 0.4) is 0 Å². The van der Waals surface area contributed by atoms with Crippen molar-refractivity contribution in [2.24, 2.45) is 5.41 Å². The van der Waals surface area contributed by atoms with Crippen LogP contribution in [0.5, 0.6) is 0 Å². The van der Waals surface area contributed by atoms with Gasteiger partial charge in [0, 0.05) is 38.4 Å². The summed E-state index contributed by atoms with van der Waals surface area (Å²) in [6.45, 7) is 7.46. The molecule has 0 saturated carbocycles. The van der Waals surface area contributed by atoms with Crippen LogP contribution in [-0.2, 0) is 9.59 Å². The second-order valence-corrected chi connectivity index (χ2v) is 6.87. The molecule has 3 rings (SSSR count). The molecule has 138 valence electrons. The van der Waals surface area contributed by atoms with Gasteiger partial charge in [0.15, 0.2) is 5.82 Å². The van der Waals surface area contributed by atoms with Crippen LogP contribution in [0.4, 0.5) is 11.6 Å². The van der Waals surface area contributed by atoms with Crippen LogP contribution in [-0.4, -0.2) is 53.0 Å². The van der Waals surface area contributed by atoms with E-state index in [1.54, 1.807) is 37.9 Å². The Labute approximate surface area is 152 Å². The first-order valence-electron chi connectivity index (χ1n) is 8.58. The molecule has 0 radical (unpaired) electrons. The van der Waals surface area contributed by atoms with Crippen molar-refractivity contribution in [3.05, 3.63) is 36.2 Å². The molecule has 1 N–H and O–H groups in total. The third-order valence-electron chi connectivity index (χ3n) is 4.51. The average Bonchev–Trinajstić information content (AvgIpc) is 3.06. The van der Waals surface area contributed by atoms with E-state index in [0.29, 0.717) is 37.8 Å². The van der Waals surface area contributed by atoms with E-state index in [0.717, 1.165) is 5.82 Å². The summed E-state index contributed by atoms with van der Waals surface area (Å²) in [5.41, 5.74) is -1.19. The predicted molar refractivity (Wildman–Crippen MR) is 96.7 cm³/mol. The van der Waals surface area contributed by atoms with Gasteiger partial charge in [-0.15, -0.1) is 0 Å². The fraction of sp³-hybridized carbons (Fsp3) is 0.444. The molecule has 0 unspecified atom stereocenters. The molecular weight excluding hydrogens is 334 g/mol. The third-order valence-corrected chi connectivity index (χ3v) is 4.51. The number of hydrogen-bond donors (Lipinski definition) is 1.